The first kappa shape index (κ1) is 12.4. The zero-order valence-electron chi connectivity index (χ0n) is 10.8. The summed E-state index contributed by atoms with van der Waals surface area (Å²) in [6, 6.07) is 11.3. The van der Waals surface area contributed by atoms with Crippen molar-refractivity contribution in [2.75, 3.05) is 5.73 Å². The van der Waals surface area contributed by atoms with Crippen LogP contribution in [0.2, 0.25) is 0 Å². The summed E-state index contributed by atoms with van der Waals surface area (Å²) < 4.78 is 18.9. The predicted molar refractivity (Wildman–Crippen MR) is 75.2 cm³/mol. The maximum absolute atomic E-state index is 13.6. The fraction of sp³-hybridized carbons (Fsp3) is 0.0625. The maximum atomic E-state index is 13.6. The number of nitrogens with two attached hydrogens (primary N) is 1. The fourth-order valence-corrected chi connectivity index (χ4v) is 2.14. The number of carbonyl (C=O) groups is 1. The number of furan rings is 1. The van der Waals surface area contributed by atoms with Crippen LogP contribution in [0.4, 0.5) is 10.1 Å². The molecule has 0 bridgehead atoms. The number of ketones is 1. The molecule has 0 atom stereocenters. The van der Waals surface area contributed by atoms with Gasteiger partial charge in [0, 0.05) is 16.6 Å². The molecule has 100 valence electrons. The number of benzene rings is 2. The Morgan fingerprint density at radius 3 is 2.75 bits per heavy atom. The maximum Gasteiger partial charge on any atom is 0.230 e. The predicted octanol–water partition coefficient (Wildman–Crippen LogP) is 3.69. The summed E-state index contributed by atoms with van der Waals surface area (Å²) in [5.41, 5.74) is 7.56. The van der Waals surface area contributed by atoms with Gasteiger partial charge in [0.15, 0.2) is 17.2 Å². The van der Waals surface area contributed by atoms with Gasteiger partial charge < -0.3 is 10.2 Å². The molecule has 3 aromatic rings. The lowest BCUT2D eigenvalue weighted by Crippen LogP contribution is -2.04. The van der Waals surface area contributed by atoms with Crippen LogP contribution in [0.1, 0.15) is 21.7 Å². The summed E-state index contributed by atoms with van der Waals surface area (Å²) in [5, 5.41) is 0.555. The lowest BCUT2D eigenvalue weighted by atomic mass is 10.0. The molecule has 0 amide bonds. The summed E-state index contributed by atoms with van der Waals surface area (Å²) in [7, 11) is 0. The van der Waals surface area contributed by atoms with Crippen molar-refractivity contribution >= 4 is 22.4 Å². The Morgan fingerprint density at radius 1 is 1.20 bits per heavy atom. The van der Waals surface area contributed by atoms with Crippen LogP contribution in [0.25, 0.3) is 11.0 Å². The van der Waals surface area contributed by atoms with Crippen LogP contribution in [0, 0.1) is 12.7 Å². The van der Waals surface area contributed by atoms with Crippen LogP contribution in [0.3, 0.4) is 0 Å². The Labute approximate surface area is 114 Å². The molecular formula is C16H12FNO2. The van der Waals surface area contributed by atoms with Crippen molar-refractivity contribution in [3.63, 3.8) is 0 Å². The van der Waals surface area contributed by atoms with Crippen molar-refractivity contribution in [1.29, 1.82) is 0 Å². The van der Waals surface area contributed by atoms with Crippen molar-refractivity contribution < 1.29 is 13.6 Å². The quantitative estimate of drug-likeness (QED) is 0.570. The lowest BCUT2D eigenvalue weighted by Gasteiger charge is -2.03. The van der Waals surface area contributed by atoms with Crippen molar-refractivity contribution in [1.82, 2.24) is 0 Å². The standard InChI is InChI=1S/C16H12FNO2/c1-9-5-6-13(18)11(7-9)15(19)14-8-10-3-2-4-12(17)16(10)20-14/h2-8H,18H2,1H3. The molecule has 3 rings (SSSR count). The van der Waals surface area contributed by atoms with Gasteiger partial charge in [-0.2, -0.15) is 0 Å². The fourth-order valence-electron chi connectivity index (χ4n) is 2.14. The van der Waals surface area contributed by atoms with E-state index in [0.717, 1.165) is 5.56 Å². The molecule has 0 aliphatic carbocycles. The number of anilines is 1. The SMILES string of the molecule is Cc1ccc(N)c(C(=O)c2cc3cccc(F)c3o2)c1. The minimum atomic E-state index is -0.487. The Balaban J connectivity index is 2.13. The van der Waals surface area contributed by atoms with Crippen molar-refractivity contribution in [3.05, 3.63) is 65.2 Å². The van der Waals surface area contributed by atoms with Gasteiger partial charge in [-0.15, -0.1) is 0 Å². The molecule has 4 heteroatoms. The molecule has 20 heavy (non-hydrogen) atoms. The Bertz CT molecular complexity index is 820. The summed E-state index contributed by atoms with van der Waals surface area (Å²) in [5.74, 6) is -0.747. The average Bonchev–Trinajstić information content (AvgIpc) is 2.86. The second-order valence-electron chi connectivity index (χ2n) is 4.69. The molecule has 2 N–H and O–H groups in total. The van der Waals surface area contributed by atoms with Crippen LogP contribution in [-0.4, -0.2) is 5.78 Å². The highest BCUT2D eigenvalue weighted by molar-refractivity contribution is 6.12. The summed E-state index contributed by atoms with van der Waals surface area (Å²) >= 11 is 0. The number of rotatable bonds is 2. The van der Waals surface area contributed by atoms with Gasteiger partial charge in [-0.05, 0) is 31.2 Å². The molecule has 0 aliphatic rings. The van der Waals surface area contributed by atoms with E-state index >= 15 is 0 Å². The first-order valence-electron chi connectivity index (χ1n) is 6.15. The van der Waals surface area contributed by atoms with Gasteiger partial charge in [0.05, 0.1) is 0 Å². The third kappa shape index (κ3) is 1.95. The van der Waals surface area contributed by atoms with E-state index in [1.165, 1.54) is 12.1 Å². The van der Waals surface area contributed by atoms with E-state index in [4.69, 9.17) is 10.2 Å². The molecule has 0 spiro atoms. The number of aryl methyl sites for hydroxylation is 1. The van der Waals surface area contributed by atoms with Gasteiger partial charge in [0.25, 0.3) is 0 Å². The zero-order valence-corrected chi connectivity index (χ0v) is 10.8. The molecule has 3 nitrogen and oxygen atoms in total. The van der Waals surface area contributed by atoms with E-state index in [1.54, 1.807) is 24.3 Å². The van der Waals surface area contributed by atoms with Gasteiger partial charge in [0.2, 0.25) is 5.78 Å². The normalized spacial score (nSPS) is 10.9. The van der Waals surface area contributed by atoms with E-state index in [1.807, 2.05) is 13.0 Å². The van der Waals surface area contributed by atoms with Crippen LogP contribution < -0.4 is 5.73 Å². The molecule has 0 radical (unpaired) electrons. The van der Waals surface area contributed by atoms with Crippen LogP contribution >= 0.6 is 0 Å². The molecule has 1 heterocycles. The van der Waals surface area contributed by atoms with E-state index in [-0.39, 0.29) is 17.1 Å². The van der Waals surface area contributed by atoms with Crippen molar-refractivity contribution in [3.8, 4) is 0 Å². The Kier molecular flexibility index (Phi) is 2.79. The molecule has 2 aromatic carbocycles. The van der Waals surface area contributed by atoms with Crippen LogP contribution in [0.15, 0.2) is 46.9 Å². The van der Waals surface area contributed by atoms with Crippen LogP contribution in [0.5, 0.6) is 0 Å². The zero-order chi connectivity index (χ0) is 14.3. The topological polar surface area (TPSA) is 56.2 Å². The second kappa shape index (κ2) is 4.49. The molecule has 0 aliphatic heterocycles. The Morgan fingerprint density at radius 2 is 2.00 bits per heavy atom. The van der Waals surface area contributed by atoms with E-state index in [2.05, 4.69) is 0 Å². The summed E-state index contributed by atoms with van der Waals surface area (Å²) in [4.78, 5) is 12.4. The summed E-state index contributed by atoms with van der Waals surface area (Å²) in [6.45, 7) is 1.87. The number of halogens is 1. The van der Waals surface area contributed by atoms with Gasteiger partial charge in [-0.25, -0.2) is 4.39 Å². The smallest absolute Gasteiger partial charge is 0.230 e. The van der Waals surface area contributed by atoms with Crippen molar-refractivity contribution in [2.24, 2.45) is 0 Å². The number of nitrogen functional groups attached to an aromatic ring is 1. The van der Waals surface area contributed by atoms with Gasteiger partial charge in [0.1, 0.15) is 0 Å². The average molecular weight is 269 g/mol. The van der Waals surface area contributed by atoms with Gasteiger partial charge >= 0.3 is 0 Å². The number of para-hydroxylation sites is 1. The number of hydrogen-bond donors (Lipinski definition) is 1. The first-order chi connectivity index (χ1) is 9.56. The summed E-state index contributed by atoms with van der Waals surface area (Å²) in [6.07, 6.45) is 0. The number of fused-ring (bicyclic) bond motifs is 1. The first-order valence-corrected chi connectivity index (χ1v) is 6.15. The molecule has 1 aromatic heterocycles. The van der Waals surface area contributed by atoms with Crippen molar-refractivity contribution in [2.45, 2.75) is 6.92 Å². The van der Waals surface area contributed by atoms with E-state index in [0.29, 0.717) is 16.6 Å². The molecule has 0 fully saturated rings. The minimum Gasteiger partial charge on any atom is -0.449 e. The number of carbonyl (C=O) groups excluding carboxylic acids is 1. The highest BCUT2D eigenvalue weighted by atomic mass is 19.1. The lowest BCUT2D eigenvalue weighted by molar-refractivity contribution is 0.101. The van der Waals surface area contributed by atoms with E-state index in [9.17, 15) is 9.18 Å². The molecule has 0 saturated heterocycles. The Hall–Kier alpha value is -2.62. The molecular weight excluding hydrogens is 257 g/mol. The van der Waals surface area contributed by atoms with Gasteiger partial charge in [-0.3, -0.25) is 4.79 Å². The highest BCUT2D eigenvalue weighted by Crippen LogP contribution is 2.25. The molecule has 0 unspecified atom stereocenters. The monoisotopic (exact) mass is 269 g/mol. The van der Waals surface area contributed by atoms with E-state index < -0.39 is 5.82 Å². The second-order valence-corrected chi connectivity index (χ2v) is 4.69. The van der Waals surface area contributed by atoms with Crippen LogP contribution in [-0.2, 0) is 0 Å². The van der Waals surface area contributed by atoms with Gasteiger partial charge in [-0.1, -0.05) is 23.8 Å². The number of hydrogen-bond acceptors (Lipinski definition) is 3. The molecule has 0 saturated carbocycles. The largest absolute Gasteiger partial charge is 0.449 e. The minimum absolute atomic E-state index is 0.0853. The third-order valence-corrected chi connectivity index (χ3v) is 3.17. The third-order valence-electron chi connectivity index (χ3n) is 3.17. The highest BCUT2D eigenvalue weighted by Gasteiger charge is 2.18.